The van der Waals surface area contributed by atoms with Crippen molar-refractivity contribution in [2.24, 2.45) is 0 Å². The molecule has 0 aliphatic carbocycles. The van der Waals surface area contributed by atoms with E-state index in [-0.39, 0.29) is 0 Å². The number of ether oxygens (including phenoxy) is 1. The summed E-state index contributed by atoms with van der Waals surface area (Å²) in [5, 5.41) is 3.58. The Bertz CT molecular complexity index is 606. The summed E-state index contributed by atoms with van der Waals surface area (Å²) in [6.45, 7) is 3.14. The number of anilines is 2. The minimum Gasteiger partial charge on any atom is -0.497 e. The van der Waals surface area contributed by atoms with Crippen LogP contribution in [-0.2, 0) is 6.54 Å². The third-order valence-electron chi connectivity index (χ3n) is 4.22. The van der Waals surface area contributed by atoms with Gasteiger partial charge in [-0.15, -0.1) is 0 Å². The second-order valence-corrected chi connectivity index (χ2v) is 5.77. The zero-order valence-electron chi connectivity index (χ0n) is 13.2. The Morgan fingerprint density at radius 2 is 1.82 bits per heavy atom. The lowest BCUT2D eigenvalue weighted by Gasteiger charge is -2.30. The van der Waals surface area contributed by atoms with Crippen LogP contribution in [0.15, 0.2) is 48.5 Å². The molecule has 0 amide bonds. The molecule has 116 valence electrons. The van der Waals surface area contributed by atoms with Crippen LogP contribution in [0.2, 0.25) is 0 Å². The summed E-state index contributed by atoms with van der Waals surface area (Å²) in [5.41, 5.74) is 3.77. The van der Waals surface area contributed by atoms with Gasteiger partial charge in [-0.3, -0.25) is 0 Å². The summed E-state index contributed by atoms with van der Waals surface area (Å²) in [6, 6.07) is 16.8. The van der Waals surface area contributed by atoms with Crippen molar-refractivity contribution in [1.82, 2.24) is 0 Å². The molecule has 1 N–H and O–H groups in total. The van der Waals surface area contributed by atoms with Crippen molar-refractivity contribution >= 4 is 11.4 Å². The average molecular weight is 296 g/mol. The van der Waals surface area contributed by atoms with Crippen molar-refractivity contribution in [2.45, 2.75) is 25.8 Å². The number of benzene rings is 2. The van der Waals surface area contributed by atoms with Crippen LogP contribution in [0.5, 0.6) is 5.75 Å². The monoisotopic (exact) mass is 296 g/mol. The molecule has 2 aromatic carbocycles. The predicted octanol–water partition coefficient (Wildman–Crippen LogP) is 4.30. The minimum absolute atomic E-state index is 0.808. The van der Waals surface area contributed by atoms with E-state index in [1.165, 1.54) is 36.2 Å². The zero-order chi connectivity index (χ0) is 15.2. The average Bonchev–Trinajstić information content (AvgIpc) is 2.61. The van der Waals surface area contributed by atoms with Gasteiger partial charge in [-0.05, 0) is 49.1 Å². The summed E-state index contributed by atoms with van der Waals surface area (Å²) in [7, 11) is 1.71. The molecule has 2 aromatic rings. The van der Waals surface area contributed by atoms with Crippen LogP contribution >= 0.6 is 0 Å². The maximum absolute atomic E-state index is 5.29. The van der Waals surface area contributed by atoms with Crippen LogP contribution in [0.3, 0.4) is 0 Å². The van der Waals surface area contributed by atoms with Gasteiger partial charge in [0.15, 0.2) is 0 Å². The van der Waals surface area contributed by atoms with E-state index in [1.807, 2.05) is 12.1 Å². The molecule has 0 spiro atoms. The molecule has 1 aliphatic heterocycles. The number of hydrogen-bond donors (Lipinski definition) is 1. The molecular weight excluding hydrogens is 272 g/mol. The van der Waals surface area contributed by atoms with Gasteiger partial charge in [0.2, 0.25) is 0 Å². The van der Waals surface area contributed by atoms with Crippen molar-refractivity contribution < 1.29 is 4.74 Å². The molecule has 0 aromatic heterocycles. The molecule has 0 bridgehead atoms. The zero-order valence-corrected chi connectivity index (χ0v) is 13.2. The molecule has 0 radical (unpaired) electrons. The van der Waals surface area contributed by atoms with Gasteiger partial charge >= 0.3 is 0 Å². The molecule has 3 heteroatoms. The maximum atomic E-state index is 5.29. The van der Waals surface area contributed by atoms with Gasteiger partial charge in [-0.25, -0.2) is 0 Å². The number of methoxy groups -OCH3 is 1. The molecule has 3 rings (SSSR count). The smallest absolute Gasteiger partial charge is 0.119 e. The summed E-state index contributed by atoms with van der Waals surface area (Å²) in [4.78, 5) is 2.50. The molecular formula is C19H24N2O. The molecule has 1 saturated heterocycles. The van der Waals surface area contributed by atoms with Crippen molar-refractivity contribution in [2.75, 3.05) is 30.4 Å². The maximum Gasteiger partial charge on any atom is 0.119 e. The van der Waals surface area contributed by atoms with E-state index in [0.717, 1.165) is 25.4 Å². The van der Waals surface area contributed by atoms with Gasteiger partial charge in [0.1, 0.15) is 5.75 Å². The Morgan fingerprint density at radius 1 is 1.00 bits per heavy atom. The number of nitrogens with one attached hydrogen (secondary N) is 1. The van der Waals surface area contributed by atoms with E-state index in [9.17, 15) is 0 Å². The first-order valence-electron chi connectivity index (χ1n) is 8.07. The molecule has 1 fully saturated rings. The Labute approximate surface area is 132 Å². The van der Waals surface area contributed by atoms with Crippen LogP contribution in [0.25, 0.3) is 0 Å². The van der Waals surface area contributed by atoms with Crippen molar-refractivity contribution in [3.05, 3.63) is 54.1 Å². The van der Waals surface area contributed by atoms with E-state index in [2.05, 4.69) is 46.6 Å². The van der Waals surface area contributed by atoms with Crippen LogP contribution in [-0.4, -0.2) is 20.2 Å². The van der Waals surface area contributed by atoms with Crippen LogP contribution in [0, 0.1) is 0 Å². The Balaban J connectivity index is 1.71. The van der Waals surface area contributed by atoms with Gasteiger partial charge in [-0.1, -0.05) is 24.3 Å². The number of piperidine rings is 1. The number of para-hydroxylation sites is 2. The Kier molecular flexibility index (Phi) is 4.84. The second-order valence-electron chi connectivity index (χ2n) is 5.77. The summed E-state index contributed by atoms with van der Waals surface area (Å²) in [6.07, 6.45) is 3.95. The number of nitrogens with zero attached hydrogens (tertiary/aromatic N) is 1. The molecule has 0 saturated carbocycles. The third kappa shape index (κ3) is 3.53. The molecule has 1 heterocycles. The highest BCUT2D eigenvalue weighted by Gasteiger charge is 2.13. The quantitative estimate of drug-likeness (QED) is 0.890. The fourth-order valence-electron chi connectivity index (χ4n) is 3.01. The number of rotatable bonds is 5. The van der Waals surface area contributed by atoms with E-state index in [0.29, 0.717) is 0 Å². The van der Waals surface area contributed by atoms with Gasteiger partial charge in [0.05, 0.1) is 18.5 Å². The first-order chi connectivity index (χ1) is 10.9. The fourth-order valence-corrected chi connectivity index (χ4v) is 3.01. The van der Waals surface area contributed by atoms with Crippen molar-refractivity contribution in [3.63, 3.8) is 0 Å². The first-order valence-corrected chi connectivity index (χ1v) is 8.07. The second kappa shape index (κ2) is 7.21. The lowest BCUT2D eigenvalue weighted by atomic mass is 10.1. The van der Waals surface area contributed by atoms with Gasteiger partial charge < -0.3 is 15.0 Å². The van der Waals surface area contributed by atoms with Crippen LogP contribution < -0.4 is 15.0 Å². The molecule has 0 atom stereocenters. The summed E-state index contributed by atoms with van der Waals surface area (Å²) < 4.78 is 5.29. The van der Waals surface area contributed by atoms with Crippen LogP contribution in [0.4, 0.5) is 11.4 Å². The third-order valence-corrected chi connectivity index (χ3v) is 4.22. The molecule has 3 nitrogen and oxygen atoms in total. The SMILES string of the molecule is COc1cccc(CNc2ccccc2N2CCCCC2)c1. The lowest BCUT2D eigenvalue weighted by Crippen LogP contribution is -2.30. The highest BCUT2D eigenvalue weighted by atomic mass is 16.5. The normalized spacial score (nSPS) is 14.7. The first kappa shape index (κ1) is 14.8. The van der Waals surface area contributed by atoms with Gasteiger partial charge in [0.25, 0.3) is 0 Å². The highest BCUT2D eigenvalue weighted by molar-refractivity contribution is 5.70. The van der Waals surface area contributed by atoms with Crippen molar-refractivity contribution in [3.8, 4) is 5.75 Å². The standard InChI is InChI=1S/C19H24N2O/c1-22-17-9-7-8-16(14-17)15-20-18-10-3-4-11-19(18)21-12-5-2-6-13-21/h3-4,7-11,14,20H,2,5-6,12-13,15H2,1H3. The number of hydrogen-bond acceptors (Lipinski definition) is 3. The van der Waals surface area contributed by atoms with Crippen molar-refractivity contribution in [1.29, 1.82) is 0 Å². The van der Waals surface area contributed by atoms with E-state index < -0.39 is 0 Å². The summed E-state index contributed by atoms with van der Waals surface area (Å²) in [5.74, 6) is 0.906. The minimum atomic E-state index is 0.808. The van der Waals surface area contributed by atoms with E-state index in [4.69, 9.17) is 4.74 Å². The molecule has 22 heavy (non-hydrogen) atoms. The summed E-state index contributed by atoms with van der Waals surface area (Å²) >= 11 is 0. The molecule has 1 aliphatic rings. The Morgan fingerprint density at radius 3 is 2.64 bits per heavy atom. The highest BCUT2D eigenvalue weighted by Crippen LogP contribution is 2.28. The van der Waals surface area contributed by atoms with Crippen LogP contribution in [0.1, 0.15) is 24.8 Å². The predicted molar refractivity (Wildman–Crippen MR) is 92.8 cm³/mol. The van der Waals surface area contributed by atoms with E-state index >= 15 is 0 Å². The molecule has 0 unspecified atom stereocenters. The lowest BCUT2D eigenvalue weighted by molar-refractivity contribution is 0.414. The van der Waals surface area contributed by atoms with Gasteiger partial charge in [0, 0.05) is 19.6 Å². The fraction of sp³-hybridized carbons (Fsp3) is 0.368. The van der Waals surface area contributed by atoms with E-state index in [1.54, 1.807) is 7.11 Å². The largest absolute Gasteiger partial charge is 0.497 e. The Hall–Kier alpha value is -2.16. The van der Waals surface area contributed by atoms with Gasteiger partial charge in [-0.2, -0.15) is 0 Å². The topological polar surface area (TPSA) is 24.5 Å².